The first kappa shape index (κ1) is 31.3. The van der Waals surface area contributed by atoms with E-state index >= 15 is 0 Å². The van der Waals surface area contributed by atoms with E-state index in [2.05, 4.69) is 0 Å². The molecule has 0 spiro atoms. The number of hydrogen-bond donors (Lipinski definition) is 3. The number of fused-ring (bicyclic) bond motifs is 1. The number of piperidine rings is 2. The summed E-state index contributed by atoms with van der Waals surface area (Å²) in [6, 6.07) is 14.2. The summed E-state index contributed by atoms with van der Waals surface area (Å²) in [5.41, 5.74) is 7.40. The maximum absolute atomic E-state index is 14.3. The Bertz CT molecular complexity index is 1560. The molecule has 2 fully saturated rings. The van der Waals surface area contributed by atoms with Crippen molar-refractivity contribution in [1.29, 1.82) is 5.41 Å². The highest BCUT2D eigenvalue weighted by atomic mass is 32.2. The fourth-order valence-corrected chi connectivity index (χ4v) is 6.90. The summed E-state index contributed by atoms with van der Waals surface area (Å²) in [6.45, 7) is 1.63. The Morgan fingerprint density at radius 1 is 1.05 bits per heavy atom. The van der Waals surface area contributed by atoms with Gasteiger partial charge < -0.3 is 25.0 Å². The van der Waals surface area contributed by atoms with Crippen molar-refractivity contribution < 1.29 is 27.8 Å². The number of nitrogen functional groups attached to an aromatic ring is 1. The summed E-state index contributed by atoms with van der Waals surface area (Å²) in [4.78, 5) is 31.7. The Balaban J connectivity index is 1.49. The van der Waals surface area contributed by atoms with E-state index < -0.39 is 23.4 Å². The maximum Gasteiger partial charge on any atom is 0.262 e. The van der Waals surface area contributed by atoms with Gasteiger partial charge in [0.25, 0.3) is 11.3 Å². The number of nitrogens with zero attached hydrogens (tertiary/aromatic N) is 3. The quantitative estimate of drug-likeness (QED) is 0.178. The number of nitrogens with one attached hydrogen (secondary N) is 1. The Labute approximate surface area is 259 Å². The second-order valence-corrected chi connectivity index (χ2v) is 12.1. The van der Waals surface area contributed by atoms with Crippen molar-refractivity contribution >= 4 is 45.4 Å². The van der Waals surface area contributed by atoms with Crippen molar-refractivity contribution in [2.75, 3.05) is 38.2 Å². The van der Waals surface area contributed by atoms with Gasteiger partial charge in [-0.2, -0.15) is 0 Å². The van der Waals surface area contributed by atoms with Gasteiger partial charge in [-0.05, 0) is 61.3 Å². The zero-order valence-corrected chi connectivity index (χ0v) is 25.8. The molecule has 0 radical (unpaired) electrons. The fraction of sp³-hybridized carbons (Fsp3) is 0.406. The van der Waals surface area contributed by atoms with E-state index in [-0.39, 0.29) is 24.1 Å². The van der Waals surface area contributed by atoms with Crippen LogP contribution in [-0.4, -0.2) is 82.1 Å². The zero-order chi connectivity index (χ0) is 31.4. The van der Waals surface area contributed by atoms with E-state index in [1.165, 1.54) is 11.4 Å². The number of anilines is 1. The first-order valence-electron chi connectivity index (χ1n) is 14.8. The van der Waals surface area contributed by atoms with Crippen molar-refractivity contribution in [2.45, 2.75) is 50.6 Å². The lowest BCUT2D eigenvalue weighted by Crippen LogP contribution is -2.60. The van der Waals surface area contributed by atoms with Crippen LogP contribution in [0.3, 0.4) is 0 Å². The molecule has 11 nitrogen and oxygen atoms in total. The average Bonchev–Trinajstić information content (AvgIpc) is 3.04. The Morgan fingerprint density at radius 2 is 1.77 bits per heavy atom. The SMILES string of the molecule is COc1ccc2cc(N(C3CCCN(C(Cc4ccc(C(=N)N)cc4)C(=O)N4CCCCC4)C3=O)S(=O)O)cc(OC)c2c1. The van der Waals surface area contributed by atoms with Crippen LogP contribution >= 0.6 is 0 Å². The third-order valence-electron chi connectivity index (χ3n) is 8.50. The summed E-state index contributed by atoms with van der Waals surface area (Å²) in [7, 11) is 3.09. The van der Waals surface area contributed by atoms with Crippen LogP contribution in [0.2, 0.25) is 0 Å². The summed E-state index contributed by atoms with van der Waals surface area (Å²) in [5, 5.41) is 9.21. The predicted molar refractivity (Wildman–Crippen MR) is 170 cm³/mol. The average molecular weight is 622 g/mol. The number of rotatable bonds is 10. The normalized spacial score (nSPS) is 18.5. The molecule has 2 aliphatic rings. The van der Waals surface area contributed by atoms with Crippen LogP contribution < -0.4 is 19.5 Å². The molecule has 4 N–H and O–H groups in total. The van der Waals surface area contributed by atoms with Gasteiger partial charge in [-0.3, -0.25) is 23.9 Å². The van der Waals surface area contributed by atoms with Gasteiger partial charge in [-0.25, -0.2) is 4.21 Å². The Kier molecular flexibility index (Phi) is 9.70. The van der Waals surface area contributed by atoms with E-state index in [0.717, 1.165) is 35.6 Å². The molecule has 0 bridgehead atoms. The second-order valence-electron chi connectivity index (χ2n) is 11.2. The third kappa shape index (κ3) is 6.51. The summed E-state index contributed by atoms with van der Waals surface area (Å²) in [5.74, 6) is 0.576. The monoisotopic (exact) mass is 621 g/mol. The minimum Gasteiger partial charge on any atom is -0.497 e. The van der Waals surface area contributed by atoms with Crippen LogP contribution in [0.15, 0.2) is 54.6 Å². The molecule has 44 heavy (non-hydrogen) atoms. The number of amidine groups is 1. The van der Waals surface area contributed by atoms with Crippen molar-refractivity contribution in [3.63, 3.8) is 0 Å². The van der Waals surface area contributed by atoms with Gasteiger partial charge in [0.2, 0.25) is 11.8 Å². The van der Waals surface area contributed by atoms with Crippen molar-refractivity contribution in [2.24, 2.45) is 5.73 Å². The highest BCUT2D eigenvalue weighted by Crippen LogP contribution is 2.36. The minimum atomic E-state index is -2.54. The van der Waals surface area contributed by atoms with Gasteiger partial charge in [-0.15, -0.1) is 0 Å². The molecule has 0 aromatic heterocycles. The van der Waals surface area contributed by atoms with Crippen LogP contribution in [0.4, 0.5) is 5.69 Å². The number of nitrogens with two attached hydrogens (primary N) is 1. The molecule has 2 saturated heterocycles. The van der Waals surface area contributed by atoms with Gasteiger partial charge in [0.05, 0.1) is 19.9 Å². The molecule has 2 heterocycles. The van der Waals surface area contributed by atoms with Crippen LogP contribution in [-0.2, 0) is 27.3 Å². The van der Waals surface area contributed by atoms with Crippen LogP contribution in [0, 0.1) is 5.41 Å². The van der Waals surface area contributed by atoms with Gasteiger partial charge in [0.15, 0.2) is 0 Å². The van der Waals surface area contributed by atoms with Crippen molar-refractivity contribution in [1.82, 2.24) is 9.80 Å². The molecule has 3 unspecified atom stereocenters. The molecule has 0 aliphatic carbocycles. The smallest absolute Gasteiger partial charge is 0.262 e. The molecule has 0 saturated carbocycles. The van der Waals surface area contributed by atoms with Crippen molar-refractivity contribution in [3.05, 3.63) is 65.7 Å². The number of carbonyl (C=O) groups is 2. The topological polar surface area (TPSA) is 149 Å². The Hall–Kier alpha value is -4.16. The number of benzene rings is 3. The molecule has 234 valence electrons. The van der Waals surface area contributed by atoms with Crippen LogP contribution in [0.1, 0.15) is 43.2 Å². The van der Waals surface area contributed by atoms with E-state index in [0.29, 0.717) is 55.2 Å². The molecular formula is C32H39N5O6S. The first-order valence-corrected chi connectivity index (χ1v) is 15.9. The molecular weight excluding hydrogens is 582 g/mol. The van der Waals surface area contributed by atoms with Crippen molar-refractivity contribution in [3.8, 4) is 11.5 Å². The summed E-state index contributed by atoms with van der Waals surface area (Å²) in [6.07, 6.45) is 4.07. The number of hydrogen-bond acceptors (Lipinski definition) is 6. The zero-order valence-electron chi connectivity index (χ0n) is 25.0. The Morgan fingerprint density at radius 3 is 2.41 bits per heavy atom. The summed E-state index contributed by atoms with van der Waals surface area (Å²) < 4.78 is 35.7. The van der Waals surface area contributed by atoms with Gasteiger partial charge >= 0.3 is 0 Å². The lowest BCUT2D eigenvalue weighted by molar-refractivity contribution is -0.148. The van der Waals surface area contributed by atoms with Crippen LogP contribution in [0.25, 0.3) is 10.8 Å². The van der Waals surface area contributed by atoms with Gasteiger partial charge in [-0.1, -0.05) is 30.3 Å². The highest BCUT2D eigenvalue weighted by Gasteiger charge is 2.42. The molecule has 2 aliphatic heterocycles. The van der Waals surface area contributed by atoms with E-state index in [1.54, 1.807) is 42.3 Å². The lowest BCUT2D eigenvalue weighted by Gasteiger charge is -2.42. The molecule has 2 amide bonds. The number of methoxy groups -OCH3 is 2. The molecule has 5 rings (SSSR count). The van der Waals surface area contributed by atoms with E-state index in [9.17, 15) is 18.4 Å². The van der Waals surface area contributed by atoms with E-state index in [1.807, 2.05) is 29.2 Å². The highest BCUT2D eigenvalue weighted by molar-refractivity contribution is 7.80. The van der Waals surface area contributed by atoms with Gasteiger partial charge in [0, 0.05) is 43.1 Å². The number of ether oxygens (including phenoxy) is 2. The minimum absolute atomic E-state index is 0.0481. The fourth-order valence-electron chi connectivity index (χ4n) is 6.20. The summed E-state index contributed by atoms with van der Waals surface area (Å²) >= 11 is -2.54. The molecule has 12 heteroatoms. The largest absolute Gasteiger partial charge is 0.497 e. The molecule has 3 aromatic rings. The number of amides is 2. The maximum atomic E-state index is 14.3. The standard InChI is InChI=1S/C32H39N5O6S/c1-42-25-13-12-23-18-24(19-29(43-2)26(23)20-25)37(44(40)41)27-7-6-16-36(32(27)39)28(31(38)35-14-4-3-5-15-35)17-21-8-10-22(11-9-21)30(33)34/h8-13,18-20,27-28H,3-7,14-17H2,1-2H3,(H3,33,34)(H,40,41). The lowest BCUT2D eigenvalue weighted by atomic mass is 9.96. The molecule has 3 atom stereocenters. The van der Waals surface area contributed by atoms with Crippen LogP contribution in [0.5, 0.6) is 11.5 Å². The second kappa shape index (κ2) is 13.6. The predicted octanol–water partition coefficient (Wildman–Crippen LogP) is 3.70. The third-order valence-corrected chi connectivity index (χ3v) is 9.30. The number of likely N-dealkylation sites (tertiary alicyclic amines) is 2. The molecule has 3 aromatic carbocycles. The number of carbonyl (C=O) groups excluding carboxylic acids is 2. The van der Waals surface area contributed by atoms with E-state index in [4.69, 9.17) is 20.6 Å². The first-order chi connectivity index (χ1) is 21.2. The van der Waals surface area contributed by atoms with Gasteiger partial charge in [0.1, 0.15) is 29.4 Å².